The lowest BCUT2D eigenvalue weighted by Crippen LogP contribution is -2.43. The van der Waals surface area contributed by atoms with Crippen molar-refractivity contribution in [2.45, 2.75) is 32.7 Å². The molecule has 0 aromatic heterocycles. The van der Waals surface area contributed by atoms with Crippen LogP contribution in [0, 0.1) is 5.41 Å². The van der Waals surface area contributed by atoms with Gasteiger partial charge in [-0.05, 0) is 13.8 Å². The van der Waals surface area contributed by atoms with Crippen LogP contribution in [0.2, 0.25) is 0 Å². The van der Waals surface area contributed by atoms with Crippen molar-refractivity contribution in [3.05, 3.63) is 0 Å². The Morgan fingerprint density at radius 1 is 1.64 bits per heavy atom. The minimum atomic E-state index is -4.50. The number of halogens is 3. The van der Waals surface area contributed by atoms with Crippen molar-refractivity contribution in [1.82, 2.24) is 0 Å². The lowest BCUT2D eigenvalue weighted by Gasteiger charge is -2.29. The molecule has 3 nitrogen and oxygen atoms in total. The summed E-state index contributed by atoms with van der Waals surface area (Å²) in [6.45, 7) is 2.55. The van der Waals surface area contributed by atoms with E-state index >= 15 is 0 Å². The highest BCUT2D eigenvalue weighted by Gasteiger charge is 2.63. The minimum Gasteiger partial charge on any atom is -0.435 e. The molecule has 1 fully saturated rings. The molecular formula is C8H11F3O3. The summed E-state index contributed by atoms with van der Waals surface area (Å²) in [5.74, 6) is -0.872. The van der Waals surface area contributed by atoms with E-state index in [2.05, 4.69) is 4.74 Å². The van der Waals surface area contributed by atoms with E-state index in [1.807, 2.05) is 0 Å². The Hall–Kier alpha value is -0.780. The maximum absolute atomic E-state index is 12.6. The topological polar surface area (TPSA) is 35.5 Å². The number of hydrogen-bond acceptors (Lipinski definition) is 3. The van der Waals surface area contributed by atoms with Gasteiger partial charge in [0.1, 0.15) is 5.41 Å². The number of alkyl halides is 3. The first-order chi connectivity index (χ1) is 6.31. The molecule has 0 amide bonds. The Labute approximate surface area is 79.2 Å². The highest BCUT2D eigenvalue weighted by molar-refractivity contribution is 5.73. The number of ether oxygens (including phenoxy) is 2. The van der Waals surface area contributed by atoms with Crippen molar-refractivity contribution in [3.8, 4) is 0 Å². The van der Waals surface area contributed by atoms with E-state index in [0.717, 1.165) is 6.92 Å². The molecule has 1 heterocycles. The van der Waals surface area contributed by atoms with Gasteiger partial charge in [0, 0.05) is 6.61 Å². The summed E-state index contributed by atoms with van der Waals surface area (Å²) in [6, 6.07) is 0. The van der Waals surface area contributed by atoms with Crippen LogP contribution in [-0.2, 0) is 14.3 Å². The van der Waals surface area contributed by atoms with E-state index < -0.39 is 30.3 Å². The fourth-order valence-corrected chi connectivity index (χ4v) is 1.28. The largest absolute Gasteiger partial charge is 0.435 e. The van der Waals surface area contributed by atoms with Gasteiger partial charge in [-0.3, -0.25) is 4.79 Å². The molecule has 14 heavy (non-hydrogen) atoms. The van der Waals surface area contributed by atoms with Crippen molar-refractivity contribution >= 4 is 5.97 Å². The van der Waals surface area contributed by atoms with Gasteiger partial charge in [0.05, 0.1) is 6.42 Å². The molecule has 1 aliphatic rings. The smallest absolute Gasteiger partial charge is 0.400 e. The van der Waals surface area contributed by atoms with Crippen molar-refractivity contribution < 1.29 is 27.4 Å². The van der Waals surface area contributed by atoms with Crippen LogP contribution >= 0.6 is 0 Å². The molecule has 2 atom stereocenters. The Balaban J connectivity index is 2.89. The SMILES string of the molecule is CCO[C@@H]1OC(=O)C[C@@]1(C)C(F)(F)F. The van der Waals surface area contributed by atoms with Crippen molar-refractivity contribution in [3.63, 3.8) is 0 Å². The normalized spacial score (nSPS) is 33.2. The van der Waals surface area contributed by atoms with Gasteiger partial charge in [-0.2, -0.15) is 13.2 Å². The zero-order chi connectivity index (χ0) is 11.0. The maximum Gasteiger partial charge on any atom is 0.400 e. The molecule has 0 bridgehead atoms. The Morgan fingerprint density at radius 2 is 2.21 bits per heavy atom. The zero-order valence-corrected chi connectivity index (χ0v) is 7.85. The van der Waals surface area contributed by atoms with Crippen molar-refractivity contribution in [2.24, 2.45) is 5.41 Å². The van der Waals surface area contributed by atoms with Gasteiger partial charge in [-0.15, -0.1) is 0 Å². The van der Waals surface area contributed by atoms with Gasteiger partial charge in [-0.25, -0.2) is 0 Å². The Bertz CT molecular complexity index is 238. The van der Waals surface area contributed by atoms with E-state index in [0.29, 0.717) is 0 Å². The monoisotopic (exact) mass is 212 g/mol. The van der Waals surface area contributed by atoms with Gasteiger partial charge in [0.25, 0.3) is 0 Å². The second-order valence-electron chi connectivity index (χ2n) is 3.37. The molecule has 0 aromatic rings. The Morgan fingerprint density at radius 3 is 2.64 bits per heavy atom. The molecule has 0 spiro atoms. The average Bonchev–Trinajstić information content (AvgIpc) is 2.27. The fourth-order valence-electron chi connectivity index (χ4n) is 1.28. The molecular weight excluding hydrogens is 201 g/mol. The lowest BCUT2D eigenvalue weighted by atomic mass is 9.87. The second-order valence-corrected chi connectivity index (χ2v) is 3.37. The van der Waals surface area contributed by atoms with Crippen LogP contribution in [0.5, 0.6) is 0 Å². The third-order valence-electron chi connectivity index (χ3n) is 2.24. The number of cyclic esters (lactones) is 1. The first kappa shape index (κ1) is 11.3. The summed E-state index contributed by atoms with van der Waals surface area (Å²) in [6.07, 6.45) is -6.69. The van der Waals surface area contributed by atoms with E-state index in [-0.39, 0.29) is 6.61 Å². The van der Waals surface area contributed by atoms with Crippen LogP contribution in [0.1, 0.15) is 20.3 Å². The summed E-state index contributed by atoms with van der Waals surface area (Å²) in [5, 5.41) is 0. The van der Waals surface area contributed by atoms with Crippen molar-refractivity contribution in [2.75, 3.05) is 6.61 Å². The predicted molar refractivity (Wildman–Crippen MR) is 40.3 cm³/mol. The molecule has 0 unspecified atom stereocenters. The molecule has 1 rings (SSSR count). The van der Waals surface area contributed by atoms with Gasteiger partial charge < -0.3 is 9.47 Å². The number of carbonyl (C=O) groups is 1. The summed E-state index contributed by atoms with van der Waals surface area (Å²) in [4.78, 5) is 10.8. The third kappa shape index (κ3) is 1.70. The maximum atomic E-state index is 12.6. The lowest BCUT2D eigenvalue weighted by molar-refractivity contribution is -0.277. The standard InChI is InChI=1S/C8H11F3O3/c1-3-13-6-7(2,8(9,10)11)4-5(12)14-6/h6H,3-4H2,1-2H3/t6-,7-/m1/s1. The van der Waals surface area contributed by atoms with Gasteiger partial charge in [0.15, 0.2) is 0 Å². The van der Waals surface area contributed by atoms with Crippen LogP contribution in [-0.4, -0.2) is 25.0 Å². The molecule has 1 aliphatic heterocycles. The first-order valence-electron chi connectivity index (χ1n) is 4.19. The zero-order valence-electron chi connectivity index (χ0n) is 7.85. The van der Waals surface area contributed by atoms with E-state index in [1.54, 1.807) is 6.92 Å². The summed E-state index contributed by atoms with van der Waals surface area (Å²) >= 11 is 0. The van der Waals surface area contributed by atoms with Gasteiger partial charge >= 0.3 is 12.1 Å². The molecule has 1 saturated heterocycles. The molecule has 0 radical (unpaired) electrons. The number of carbonyl (C=O) groups excluding carboxylic acids is 1. The average molecular weight is 212 g/mol. The molecule has 6 heteroatoms. The van der Waals surface area contributed by atoms with Gasteiger partial charge in [0.2, 0.25) is 6.29 Å². The molecule has 0 aliphatic carbocycles. The highest BCUT2D eigenvalue weighted by atomic mass is 19.4. The van der Waals surface area contributed by atoms with E-state index in [1.165, 1.54) is 0 Å². The second kappa shape index (κ2) is 3.42. The fraction of sp³-hybridized carbons (Fsp3) is 0.875. The van der Waals surface area contributed by atoms with E-state index in [4.69, 9.17) is 4.74 Å². The van der Waals surface area contributed by atoms with Crippen LogP contribution in [0.25, 0.3) is 0 Å². The first-order valence-corrected chi connectivity index (χ1v) is 4.19. The molecule has 0 N–H and O–H groups in total. The number of hydrogen-bond donors (Lipinski definition) is 0. The third-order valence-corrected chi connectivity index (χ3v) is 2.24. The van der Waals surface area contributed by atoms with Crippen LogP contribution in [0.3, 0.4) is 0 Å². The predicted octanol–water partition coefficient (Wildman–Crippen LogP) is 1.86. The highest BCUT2D eigenvalue weighted by Crippen LogP contribution is 2.48. The molecule has 0 aromatic carbocycles. The summed E-state index contributed by atoms with van der Waals surface area (Å²) < 4.78 is 47.0. The molecule has 82 valence electrons. The van der Waals surface area contributed by atoms with Crippen molar-refractivity contribution in [1.29, 1.82) is 0 Å². The van der Waals surface area contributed by atoms with Crippen LogP contribution < -0.4 is 0 Å². The minimum absolute atomic E-state index is 0.0730. The Kier molecular flexibility index (Phi) is 2.76. The van der Waals surface area contributed by atoms with E-state index in [9.17, 15) is 18.0 Å². The van der Waals surface area contributed by atoms with Gasteiger partial charge in [-0.1, -0.05) is 0 Å². The van der Waals surface area contributed by atoms with Crippen LogP contribution in [0.15, 0.2) is 0 Å². The quantitative estimate of drug-likeness (QED) is 0.655. The number of esters is 1. The summed E-state index contributed by atoms with van der Waals surface area (Å²) in [7, 11) is 0. The summed E-state index contributed by atoms with van der Waals surface area (Å²) in [5.41, 5.74) is -2.22. The number of rotatable bonds is 2. The van der Waals surface area contributed by atoms with Crippen LogP contribution in [0.4, 0.5) is 13.2 Å². The molecule has 0 saturated carbocycles.